The van der Waals surface area contributed by atoms with Gasteiger partial charge in [-0.05, 0) is 24.3 Å². The standard InChI is InChI=1S/C14H18N2O2S/c15-6-1-3-11-5-8-19-13(11)10-16-14(17)9-12-4-2-7-18-12/h5,8,12H,2,4,6-7,9-10,15H2,(H,16,17). The van der Waals surface area contributed by atoms with E-state index >= 15 is 0 Å². The number of carbonyl (C=O) groups is 1. The molecule has 1 aromatic rings. The zero-order valence-electron chi connectivity index (χ0n) is 10.8. The summed E-state index contributed by atoms with van der Waals surface area (Å²) < 4.78 is 5.44. The van der Waals surface area contributed by atoms with Gasteiger partial charge in [0.1, 0.15) is 0 Å². The normalized spacial score (nSPS) is 17.8. The first-order chi connectivity index (χ1) is 9.29. The number of nitrogens with one attached hydrogen (secondary N) is 1. The van der Waals surface area contributed by atoms with Crippen LogP contribution in [0, 0.1) is 11.8 Å². The molecule has 102 valence electrons. The number of carbonyl (C=O) groups excluding carboxylic acids is 1. The van der Waals surface area contributed by atoms with Crippen LogP contribution in [0.25, 0.3) is 0 Å². The first kappa shape index (κ1) is 14.1. The van der Waals surface area contributed by atoms with Crippen LogP contribution in [0.5, 0.6) is 0 Å². The Morgan fingerprint density at radius 1 is 1.63 bits per heavy atom. The lowest BCUT2D eigenvalue weighted by Gasteiger charge is -2.09. The number of hydrogen-bond donors (Lipinski definition) is 2. The minimum atomic E-state index is 0.0398. The number of rotatable bonds is 4. The summed E-state index contributed by atoms with van der Waals surface area (Å²) in [6, 6.07) is 1.95. The molecular weight excluding hydrogens is 260 g/mol. The molecule has 1 aromatic heterocycles. The summed E-state index contributed by atoms with van der Waals surface area (Å²) in [5, 5.41) is 4.90. The summed E-state index contributed by atoms with van der Waals surface area (Å²) in [6.07, 6.45) is 2.59. The summed E-state index contributed by atoms with van der Waals surface area (Å²) in [5.74, 6) is 5.88. The van der Waals surface area contributed by atoms with Gasteiger partial charge in [-0.3, -0.25) is 4.79 Å². The number of nitrogens with two attached hydrogens (primary N) is 1. The van der Waals surface area contributed by atoms with Crippen molar-refractivity contribution in [1.29, 1.82) is 0 Å². The summed E-state index contributed by atoms with van der Waals surface area (Å²) in [4.78, 5) is 12.8. The van der Waals surface area contributed by atoms with Crippen LogP contribution in [-0.4, -0.2) is 25.2 Å². The van der Waals surface area contributed by atoms with Gasteiger partial charge in [0.15, 0.2) is 0 Å². The molecule has 0 spiro atoms. The molecule has 19 heavy (non-hydrogen) atoms. The quantitative estimate of drug-likeness (QED) is 0.815. The van der Waals surface area contributed by atoms with Crippen molar-refractivity contribution in [3.05, 3.63) is 21.9 Å². The van der Waals surface area contributed by atoms with Crippen LogP contribution in [0.2, 0.25) is 0 Å². The maximum Gasteiger partial charge on any atom is 0.222 e. The van der Waals surface area contributed by atoms with Gasteiger partial charge in [0, 0.05) is 17.0 Å². The Morgan fingerprint density at radius 2 is 2.53 bits per heavy atom. The third-order valence-electron chi connectivity index (χ3n) is 2.95. The molecule has 0 aliphatic carbocycles. The largest absolute Gasteiger partial charge is 0.378 e. The van der Waals surface area contributed by atoms with Gasteiger partial charge in [0.2, 0.25) is 5.91 Å². The van der Waals surface area contributed by atoms with Crippen molar-refractivity contribution in [2.24, 2.45) is 5.73 Å². The second-order valence-corrected chi connectivity index (χ2v) is 5.38. The van der Waals surface area contributed by atoms with Crippen molar-refractivity contribution in [2.75, 3.05) is 13.2 Å². The second-order valence-electron chi connectivity index (χ2n) is 4.38. The Labute approximate surface area is 117 Å². The van der Waals surface area contributed by atoms with Gasteiger partial charge >= 0.3 is 0 Å². The van der Waals surface area contributed by atoms with Crippen LogP contribution in [-0.2, 0) is 16.1 Å². The average Bonchev–Trinajstić information content (AvgIpc) is 3.05. The van der Waals surface area contributed by atoms with Crippen molar-refractivity contribution < 1.29 is 9.53 Å². The third-order valence-corrected chi connectivity index (χ3v) is 3.87. The van der Waals surface area contributed by atoms with E-state index in [0.29, 0.717) is 19.5 Å². The first-order valence-corrected chi connectivity index (χ1v) is 7.31. The molecule has 0 bridgehead atoms. The molecule has 5 heteroatoms. The van der Waals surface area contributed by atoms with Gasteiger partial charge in [0.05, 0.1) is 25.6 Å². The second kappa shape index (κ2) is 7.29. The fourth-order valence-electron chi connectivity index (χ4n) is 2.00. The van der Waals surface area contributed by atoms with E-state index in [9.17, 15) is 4.79 Å². The SMILES string of the molecule is NCC#Cc1ccsc1CNC(=O)CC1CCCO1. The highest BCUT2D eigenvalue weighted by atomic mass is 32.1. The van der Waals surface area contributed by atoms with Crippen molar-refractivity contribution >= 4 is 17.2 Å². The number of thiophene rings is 1. The van der Waals surface area contributed by atoms with E-state index in [-0.39, 0.29) is 12.0 Å². The summed E-state index contributed by atoms with van der Waals surface area (Å²) in [5.41, 5.74) is 6.31. The summed E-state index contributed by atoms with van der Waals surface area (Å²) >= 11 is 1.60. The monoisotopic (exact) mass is 278 g/mol. The molecule has 1 unspecified atom stereocenters. The Kier molecular flexibility index (Phi) is 5.40. The van der Waals surface area contributed by atoms with Crippen molar-refractivity contribution in [3.8, 4) is 11.8 Å². The number of hydrogen-bond acceptors (Lipinski definition) is 4. The average molecular weight is 278 g/mol. The zero-order chi connectivity index (χ0) is 13.5. The van der Waals surface area contributed by atoms with E-state index in [1.807, 2.05) is 11.4 Å². The molecule has 1 amide bonds. The maximum atomic E-state index is 11.8. The molecule has 4 nitrogen and oxygen atoms in total. The van der Waals surface area contributed by atoms with Gasteiger partial charge in [-0.25, -0.2) is 0 Å². The van der Waals surface area contributed by atoms with Crippen LogP contribution < -0.4 is 11.1 Å². The van der Waals surface area contributed by atoms with Gasteiger partial charge < -0.3 is 15.8 Å². The van der Waals surface area contributed by atoms with E-state index in [0.717, 1.165) is 29.9 Å². The van der Waals surface area contributed by atoms with Crippen molar-refractivity contribution in [3.63, 3.8) is 0 Å². The van der Waals surface area contributed by atoms with E-state index in [1.165, 1.54) is 0 Å². The van der Waals surface area contributed by atoms with E-state index in [1.54, 1.807) is 11.3 Å². The zero-order valence-corrected chi connectivity index (χ0v) is 11.6. The lowest BCUT2D eigenvalue weighted by Crippen LogP contribution is -2.26. The fourth-order valence-corrected chi connectivity index (χ4v) is 2.77. The predicted molar refractivity (Wildman–Crippen MR) is 75.7 cm³/mol. The molecule has 1 saturated heterocycles. The Hall–Kier alpha value is -1.35. The lowest BCUT2D eigenvalue weighted by atomic mass is 10.2. The highest BCUT2D eigenvalue weighted by Crippen LogP contribution is 2.17. The Morgan fingerprint density at radius 3 is 3.26 bits per heavy atom. The third kappa shape index (κ3) is 4.35. The molecule has 1 aliphatic rings. The highest BCUT2D eigenvalue weighted by molar-refractivity contribution is 7.10. The predicted octanol–water partition coefficient (Wildman–Crippen LogP) is 1.24. The Bertz CT molecular complexity index is 481. The van der Waals surface area contributed by atoms with Crippen LogP contribution in [0.15, 0.2) is 11.4 Å². The van der Waals surface area contributed by atoms with E-state index in [2.05, 4.69) is 17.2 Å². The number of amides is 1. The van der Waals surface area contributed by atoms with Gasteiger partial charge in [0.25, 0.3) is 0 Å². The molecule has 1 fully saturated rings. The minimum absolute atomic E-state index is 0.0398. The van der Waals surface area contributed by atoms with Gasteiger partial charge in [-0.1, -0.05) is 11.8 Å². The summed E-state index contributed by atoms with van der Waals surface area (Å²) in [7, 11) is 0. The maximum absolute atomic E-state index is 11.8. The number of ether oxygens (including phenoxy) is 1. The molecule has 3 N–H and O–H groups in total. The van der Waals surface area contributed by atoms with Crippen LogP contribution in [0.4, 0.5) is 0 Å². The lowest BCUT2D eigenvalue weighted by molar-refractivity contribution is -0.123. The molecule has 2 heterocycles. The molecule has 2 rings (SSSR count). The van der Waals surface area contributed by atoms with Crippen LogP contribution in [0.1, 0.15) is 29.7 Å². The fraction of sp³-hybridized carbons (Fsp3) is 0.500. The van der Waals surface area contributed by atoms with Gasteiger partial charge in [-0.15, -0.1) is 11.3 Å². The van der Waals surface area contributed by atoms with Crippen LogP contribution >= 0.6 is 11.3 Å². The molecule has 0 radical (unpaired) electrons. The molecule has 1 aliphatic heterocycles. The Balaban J connectivity index is 1.81. The molecule has 1 atom stereocenters. The smallest absolute Gasteiger partial charge is 0.222 e. The van der Waals surface area contributed by atoms with E-state index < -0.39 is 0 Å². The molecular formula is C14H18N2O2S. The van der Waals surface area contributed by atoms with Crippen molar-refractivity contribution in [1.82, 2.24) is 5.32 Å². The topological polar surface area (TPSA) is 64.3 Å². The molecule has 0 saturated carbocycles. The van der Waals surface area contributed by atoms with E-state index in [4.69, 9.17) is 10.5 Å². The van der Waals surface area contributed by atoms with Gasteiger partial charge in [-0.2, -0.15) is 0 Å². The highest BCUT2D eigenvalue weighted by Gasteiger charge is 2.18. The van der Waals surface area contributed by atoms with Crippen LogP contribution in [0.3, 0.4) is 0 Å². The minimum Gasteiger partial charge on any atom is -0.378 e. The first-order valence-electron chi connectivity index (χ1n) is 6.43. The molecule has 0 aromatic carbocycles. The van der Waals surface area contributed by atoms with Crippen molar-refractivity contribution in [2.45, 2.75) is 31.9 Å². The summed E-state index contributed by atoms with van der Waals surface area (Å²) in [6.45, 7) is 1.65.